The molecule has 0 aromatic carbocycles. The first-order valence-electron chi connectivity index (χ1n) is 6.89. The third-order valence-corrected chi connectivity index (χ3v) is 3.83. The van der Waals surface area contributed by atoms with Crippen LogP contribution in [-0.2, 0) is 4.79 Å². The Balaban J connectivity index is 3.14. The molecule has 1 fully saturated rings. The van der Waals surface area contributed by atoms with Crippen molar-refractivity contribution < 1.29 is 15.0 Å². The maximum atomic E-state index is 12.4. The first kappa shape index (κ1) is 15.9. The van der Waals surface area contributed by atoms with E-state index in [0.29, 0.717) is 12.3 Å². The fraction of sp³-hybridized carbons (Fsp3) is 0.733. The topological polar surface area (TPSA) is 81.4 Å². The van der Waals surface area contributed by atoms with E-state index < -0.39 is 11.5 Å². The van der Waals surface area contributed by atoms with Crippen LogP contribution in [0.4, 0.5) is 0 Å². The molecule has 3 N–H and O–H groups in total. The van der Waals surface area contributed by atoms with Gasteiger partial charge in [0, 0.05) is 5.92 Å². The number of carbonyl (C=O) groups excluding carboxylic acids is 1. The van der Waals surface area contributed by atoms with Gasteiger partial charge in [0.25, 0.3) is 0 Å². The summed E-state index contributed by atoms with van der Waals surface area (Å²) in [6.45, 7) is 9.14. The molecule has 0 heterocycles. The van der Waals surface area contributed by atoms with Crippen LogP contribution in [0.25, 0.3) is 0 Å². The van der Waals surface area contributed by atoms with E-state index in [1.165, 1.54) is 6.92 Å². The van der Waals surface area contributed by atoms with E-state index in [1.54, 1.807) is 13.8 Å². The fourth-order valence-electron chi connectivity index (χ4n) is 2.44. The number of allylic oxidation sites excluding steroid dienone is 1. The van der Waals surface area contributed by atoms with Crippen molar-refractivity contribution in [2.24, 2.45) is 17.8 Å². The van der Waals surface area contributed by atoms with Gasteiger partial charge < -0.3 is 15.6 Å². The van der Waals surface area contributed by atoms with Crippen molar-refractivity contribution in [3.05, 3.63) is 11.3 Å². The number of aliphatic hydroxyl groups excluding tert-OH is 1. The molecule has 0 saturated heterocycles. The Morgan fingerprint density at radius 1 is 1.37 bits per heavy atom. The third-order valence-electron chi connectivity index (χ3n) is 3.83. The summed E-state index contributed by atoms with van der Waals surface area (Å²) in [6, 6.07) is 0. The zero-order valence-electron chi connectivity index (χ0n) is 12.4. The molecule has 0 aromatic rings. The Kier molecular flexibility index (Phi) is 4.56. The molecule has 4 heteroatoms. The number of carbonyl (C=O) groups is 1. The first-order chi connectivity index (χ1) is 8.60. The molecule has 1 rings (SSSR count). The van der Waals surface area contributed by atoms with Gasteiger partial charge in [-0.2, -0.15) is 0 Å². The number of nitrogens with one attached hydrogen (secondary N) is 1. The summed E-state index contributed by atoms with van der Waals surface area (Å²) in [6.07, 6.45) is 1.36. The molecule has 1 aliphatic carbocycles. The molecule has 0 radical (unpaired) electrons. The zero-order chi connectivity index (χ0) is 15.0. The van der Waals surface area contributed by atoms with Crippen LogP contribution in [0.15, 0.2) is 11.3 Å². The van der Waals surface area contributed by atoms with Crippen molar-refractivity contribution in [1.29, 1.82) is 5.41 Å². The van der Waals surface area contributed by atoms with Crippen LogP contribution >= 0.6 is 0 Å². The summed E-state index contributed by atoms with van der Waals surface area (Å²) < 4.78 is 0. The van der Waals surface area contributed by atoms with Gasteiger partial charge >= 0.3 is 0 Å². The van der Waals surface area contributed by atoms with Gasteiger partial charge in [-0.3, -0.25) is 4.79 Å². The van der Waals surface area contributed by atoms with Crippen LogP contribution in [0.2, 0.25) is 0 Å². The van der Waals surface area contributed by atoms with Gasteiger partial charge in [-0.1, -0.05) is 34.1 Å². The second kappa shape index (κ2) is 5.45. The fourth-order valence-corrected chi connectivity index (χ4v) is 2.44. The Bertz CT molecular complexity index is 419. The van der Waals surface area contributed by atoms with Crippen LogP contribution in [0.1, 0.15) is 47.5 Å². The first-order valence-corrected chi connectivity index (χ1v) is 6.89. The Morgan fingerprint density at radius 3 is 2.32 bits per heavy atom. The van der Waals surface area contributed by atoms with Crippen molar-refractivity contribution in [3.8, 4) is 0 Å². The highest BCUT2D eigenvalue weighted by atomic mass is 16.3. The molecule has 108 valence electrons. The van der Waals surface area contributed by atoms with Crippen LogP contribution in [0.5, 0.6) is 0 Å². The minimum atomic E-state index is -1.47. The Morgan fingerprint density at radius 2 is 1.89 bits per heavy atom. The highest BCUT2D eigenvalue weighted by molar-refractivity contribution is 6.31. The van der Waals surface area contributed by atoms with E-state index in [1.807, 2.05) is 0 Å². The summed E-state index contributed by atoms with van der Waals surface area (Å²) in [5, 5.41) is 28.4. The molecule has 0 bridgehead atoms. The number of ketones is 1. The SMILES string of the molecule is CC(C)CCC1C(=O)C(=C(O)C(C)C)C(=N)[C@@]1(C)O. The standard InChI is InChI=1S/C15H25NO3/c1-8(2)6-7-10-13(18)11(12(17)9(3)4)14(16)15(10,5)19/h8-10,16-17,19H,6-7H2,1-5H3/t10?,15-/m0/s1. The third kappa shape index (κ3) is 2.89. The summed E-state index contributed by atoms with van der Waals surface area (Å²) in [5.41, 5.74) is -1.59. The van der Waals surface area contributed by atoms with Crippen molar-refractivity contribution in [3.63, 3.8) is 0 Å². The minimum absolute atomic E-state index is 0.0220. The number of aliphatic hydroxyl groups is 2. The molecule has 1 unspecified atom stereocenters. The largest absolute Gasteiger partial charge is 0.511 e. The van der Waals surface area contributed by atoms with Crippen molar-refractivity contribution >= 4 is 11.5 Å². The second-order valence-corrected chi connectivity index (χ2v) is 6.33. The van der Waals surface area contributed by atoms with Gasteiger partial charge in [0.05, 0.1) is 17.2 Å². The van der Waals surface area contributed by atoms with Crippen molar-refractivity contribution in [2.75, 3.05) is 0 Å². The van der Waals surface area contributed by atoms with E-state index in [2.05, 4.69) is 13.8 Å². The molecular formula is C15H25NO3. The molecule has 1 aliphatic rings. The molecule has 0 aromatic heterocycles. The maximum absolute atomic E-state index is 12.4. The molecule has 0 spiro atoms. The van der Waals surface area contributed by atoms with Gasteiger partial charge in [-0.25, -0.2) is 0 Å². The van der Waals surface area contributed by atoms with Crippen molar-refractivity contribution in [1.82, 2.24) is 0 Å². The molecule has 0 aliphatic heterocycles. The zero-order valence-corrected chi connectivity index (χ0v) is 12.4. The van der Waals surface area contributed by atoms with E-state index in [0.717, 1.165) is 6.42 Å². The summed E-state index contributed by atoms with van der Waals surface area (Å²) in [7, 11) is 0. The average Bonchev–Trinajstić information content (AvgIpc) is 2.43. The minimum Gasteiger partial charge on any atom is -0.511 e. The summed E-state index contributed by atoms with van der Waals surface area (Å²) in [5.74, 6) is -0.772. The monoisotopic (exact) mass is 267 g/mol. The van der Waals surface area contributed by atoms with E-state index in [4.69, 9.17) is 5.41 Å². The lowest BCUT2D eigenvalue weighted by molar-refractivity contribution is -0.122. The quantitative estimate of drug-likeness (QED) is 0.541. The lowest BCUT2D eigenvalue weighted by atomic mass is 9.86. The number of hydrogen-bond acceptors (Lipinski definition) is 4. The van der Waals surface area contributed by atoms with Gasteiger partial charge in [0.15, 0.2) is 5.78 Å². The van der Waals surface area contributed by atoms with Crippen LogP contribution in [0.3, 0.4) is 0 Å². The number of Topliss-reactive ketones (excluding diaryl/α,β-unsaturated/α-hetero) is 1. The summed E-state index contributed by atoms with van der Waals surface area (Å²) >= 11 is 0. The van der Waals surface area contributed by atoms with E-state index >= 15 is 0 Å². The molecule has 0 amide bonds. The number of rotatable bonds is 4. The van der Waals surface area contributed by atoms with E-state index in [9.17, 15) is 15.0 Å². The smallest absolute Gasteiger partial charge is 0.174 e. The average molecular weight is 267 g/mol. The Labute approximate surface area is 115 Å². The molecule has 4 nitrogen and oxygen atoms in total. The van der Waals surface area contributed by atoms with E-state index in [-0.39, 0.29) is 28.7 Å². The maximum Gasteiger partial charge on any atom is 0.174 e. The predicted octanol–water partition coefficient (Wildman–Crippen LogP) is 2.86. The number of hydrogen-bond donors (Lipinski definition) is 3. The van der Waals surface area contributed by atoms with Crippen LogP contribution < -0.4 is 0 Å². The van der Waals surface area contributed by atoms with Gasteiger partial charge in [0.2, 0.25) is 0 Å². The van der Waals surface area contributed by atoms with Crippen LogP contribution in [0, 0.1) is 23.2 Å². The Hall–Kier alpha value is -1.16. The van der Waals surface area contributed by atoms with Gasteiger partial charge in [-0.05, 0) is 19.3 Å². The second-order valence-electron chi connectivity index (χ2n) is 6.33. The molecular weight excluding hydrogens is 242 g/mol. The normalized spacial score (nSPS) is 30.6. The highest BCUT2D eigenvalue weighted by Crippen LogP contribution is 2.39. The van der Waals surface area contributed by atoms with Crippen molar-refractivity contribution in [2.45, 2.75) is 53.1 Å². The summed E-state index contributed by atoms with van der Waals surface area (Å²) in [4.78, 5) is 12.4. The molecule has 2 atom stereocenters. The highest BCUT2D eigenvalue weighted by Gasteiger charge is 2.52. The molecule has 19 heavy (non-hydrogen) atoms. The van der Waals surface area contributed by atoms with Crippen LogP contribution in [-0.4, -0.2) is 27.3 Å². The lowest BCUT2D eigenvalue weighted by Crippen LogP contribution is -2.37. The van der Waals surface area contributed by atoms with Gasteiger partial charge in [-0.15, -0.1) is 0 Å². The molecule has 1 saturated carbocycles. The van der Waals surface area contributed by atoms with Gasteiger partial charge in [0.1, 0.15) is 11.4 Å². The lowest BCUT2D eigenvalue weighted by Gasteiger charge is -2.24. The predicted molar refractivity (Wildman–Crippen MR) is 75.4 cm³/mol.